The number of esters is 1. The van der Waals surface area contributed by atoms with Gasteiger partial charge in [0.2, 0.25) is 11.8 Å². The first kappa shape index (κ1) is 26.8. The molecule has 1 spiro atoms. The Hall–Kier alpha value is -3.36. The minimum absolute atomic E-state index is 0.160. The number of allylic oxidation sites excluding steroid dienone is 1. The number of amides is 2. The van der Waals surface area contributed by atoms with Crippen molar-refractivity contribution in [2.45, 2.75) is 47.9 Å². The van der Waals surface area contributed by atoms with E-state index in [2.05, 4.69) is 6.08 Å². The topological polar surface area (TPSA) is 87.2 Å². The molecule has 7 nitrogen and oxygen atoms in total. The smallest absolute Gasteiger partial charge is 0.311 e. The van der Waals surface area contributed by atoms with E-state index in [-0.39, 0.29) is 29.6 Å². The van der Waals surface area contributed by atoms with Crippen molar-refractivity contribution in [3.63, 3.8) is 0 Å². The third-order valence-electron chi connectivity index (χ3n) is 8.51. The Labute approximate surface area is 238 Å². The number of carbonyl (C=O) groups excluding carboxylic acids is 3. The van der Waals surface area contributed by atoms with Crippen LogP contribution in [0.15, 0.2) is 85.0 Å². The van der Waals surface area contributed by atoms with Gasteiger partial charge in [-0.25, -0.2) is 0 Å². The zero-order chi connectivity index (χ0) is 27.7. The molecular weight excluding hydrogens is 524 g/mol. The monoisotopic (exact) mass is 558 g/mol. The summed E-state index contributed by atoms with van der Waals surface area (Å²) in [6.07, 6.45) is 10.0. The maximum Gasteiger partial charge on any atom is 0.311 e. The summed E-state index contributed by atoms with van der Waals surface area (Å²) < 4.78 is 4.71. The van der Waals surface area contributed by atoms with Crippen molar-refractivity contribution in [2.75, 3.05) is 19.8 Å². The number of aliphatic hydroxyl groups is 1. The second-order valence-electron chi connectivity index (χ2n) is 11.0. The van der Waals surface area contributed by atoms with Crippen LogP contribution in [0.5, 0.6) is 0 Å². The zero-order valence-electron chi connectivity index (χ0n) is 22.3. The predicted octanol–water partition coefficient (Wildman–Crippen LogP) is 3.38. The third kappa shape index (κ3) is 4.67. The molecule has 0 aromatic heterocycles. The summed E-state index contributed by atoms with van der Waals surface area (Å²) in [6, 6.07) is 18.0. The van der Waals surface area contributed by atoms with E-state index in [9.17, 15) is 19.5 Å². The van der Waals surface area contributed by atoms with E-state index in [1.807, 2.05) is 78.9 Å². The fourth-order valence-electron chi connectivity index (χ4n) is 6.72. The van der Waals surface area contributed by atoms with Crippen molar-refractivity contribution in [1.29, 1.82) is 0 Å². The Morgan fingerprint density at radius 3 is 2.42 bits per heavy atom. The average molecular weight is 559 g/mol. The van der Waals surface area contributed by atoms with Crippen molar-refractivity contribution in [3.8, 4) is 0 Å². The maximum atomic E-state index is 14.5. The fraction of sp³-hybridized carbons (Fsp3) is 0.406. The van der Waals surface area contributed by atoms with Crippen LogP contribution in [0.1, 0.15) is 24.0 Å². The van der Waals surface area contributed by atoms with E-state index in [0.29, 0.717) is 26.1 Å². The summed E-state index contributed by atoms with van der Waals surface area (Å²) in [5, 5.41) is 10.4. The summed E-state index contributed by atoms with van der Waals surface area (Å²) >= 11 is 1.53. The number of hydrogen-bond acceptors (Lipinski definition) is 6. The molecule has 8 heteroatoms. The van der Waals surface area contributed by atoms with Crippen molar-refractivity contribution < 1.29 is 24.2 Å². The first-order valence-electron chi connectivity index (χ1n) is 14.0. The molecule has 2 fully saturated rings. The molecule has 4 aliphatic rings. The molecule has 40 heavy (non-hydrogen) atoms. The zero-order valence-corrected chi connectivity index (χ0v) is 23.1. The van der Waals surface area contributed by atoms with Gasteiger partial charge in [0.15, 0.2) is 0 Å². The lowest BCUT2D eigenvalue weighted by molar-refractivity contribution is -0.153. The summed E-state index contributed by atoms with van der Waals surface area (Å²) in [4.78, 5) is 45.9. The van der Waals surface area contributed by atoms with Crippen LogP contribution in [-0.4, -0.2) is 74.5 Å². The second kappa shape index (κ2) is 11.3. The van der Waals surface area contributed by atoms with Gasteiger partial charge < -0.3 is 19.6 Å². The molecule has 4 heterocycles. The third-order valence-corrected chi connectivity index (χ3v) is 10.3. The fourth-order valence-corrected chi connectivity index (χ4v) is 8.70. The number of carbonyl (C=O) groups is 3. The molecule has 2 saturated heterocycles. The number of thioether (sulfide) groups is 1. The van der Waals surface area contributed by atoms with Gasteiger partial charge in [0, 0.05) is 18.3 Å². The molecule has 2 aromatic carbocycles. The first-order chi connectivity index (χ1) is 19.5. The number of rotatable bonds is 6. The van der Waals surface area contributed by atoms with E-state index in [0.717, 1.165) is 24.0 Å². The number of aliphatic hydroxyl groups excluding tert-OH is 1. The average Bonchev–Trinajstić information content (AvgIpc) is 3.39. The molecule has 1 N–H and O–H groups in total. The Bertz CT molecular complexity index is 1320. The van der Waals surface area contributed by atoms with Gasteiger partial charge in [-0.2, -0.15) is 0 Å². The van der Waals surface area contributed by atoms with Crippen LogP contribution in [0, 0.1) is 11.8 Å². The van der Waals surface area contributed by atoms with Crippen LogP contribution < -0.4 is 0 Å². The van der Waals surface area contributed by atoms with Crippen molar-refractivity contribution in [2.24, 2.45) is 11.8 Å². The van der Waals surface area contributed by atoms with Crippen LogP contribution in [0.3, 0.4) is 0 Å². The normalized spacial score (nSPS) is 31.3. The van der Waals surface area contributed by atoms with Crippen LogP contribution in [0.2, 0.25) is 0 Å². The number of ether oxygens (including phenoxy) is 1. The summed E-state index contributed by atoms with van der Waals surface area (Å²) in [5.41, 5.74) is 1.97. The molecule has 6 rings (SSSR count). The first-order valence-corrected chi connectivity index (χ1v) is 14.9. The molecule has 0 aliphatic carbocycles. The van der Waals surface area contributed by atoms with Gasteiger partial charge >= 0.3 is 5.97 Å². The standard InChI is InChI=1S/C32H34N2O5S/c35-21-24(19-22-11-4-1-5-12-22)34-28-30(37)33(20-23-13-6-2-7-14-23)17-10-16-32(28)27(29(34)36)26-25(40-32)15-8-3-9-18-39-31(26)38/h1-2,4-8,10-16,24-28,35H,3,9,17-21H2/b15-8-/t24-,25-,26+,27+,28?,32+/m1/s1. The van der Waals surface area contributed by atoms with Gasteiger partial charge in [-0.05, 0) is 30.4 Å². The molecule has 2 aromatic rings. The van der Waals surface area contributed by atoms with Crippen LogP contribution in [0.25, 0.3) is 0 Å². The molecule has 0 saturated carbocycles. The molecule has 1 unspecified atom stereocenters. The lowest BCUT2D eigenvalue weighted by Gasteiger charge is -2.38. The lowest BCUT2D eigenvalue weighted by atomic mass is 9.78. The van der Waals surface area contributed by atoms with E-state index >= 15 is 0 Å². The van der Waals surface area contributed by atoms with Crippen LogP contribution in [0.4, 0.5) is 0 Å². The van der Waals surface area contributed by atoms with E-state index in [1.54, 1.807) is 9.80 Å². The SMILES string of the molecule is O=C1OCCC/C=C\[C@H]2S[C@]34C=CCN(Cc5ccccc5)C(=O)C3N([C@@H](CO)Cc3ccccc3)C(=O)[C@@H]4[C@@H]12. The van der Waals surface area contributed by atoms with Gasteiger partial charge in [0.25, 0.3) is 0 Å². The molecule has 6 atom stereocenters. The highest BCUT2D eigenvalue weighted by Crippen LogP contribution is 2.61. The van der Waals surface area contributed by atoms with E-state index in [1.165, 1.54) is 11.8 Å². The summed E-state index contributed by atoms with van der Waals surface area (Å²) in [7, 11) is 0. The van der Waals surface area contributed by atoms with Gasteiger partial charge in [0.05, 0.1) is 35.8 Å². The number of nitrogens with zero attached hydrogens (tertiary/aromatic N) is 2. The maximum absolute atomic E-state index is 14.5. The number of hydrogen-bond donors (Lipinski definition) is 1. The Morgan fingerprint density at radius 2 is 1.70 bits per heavy atom. The molecule has 208 valence electrons. The largest absolute Gasteiger partial charge is 0.465 e. The van der Waals surface area contributed by atoms with E-state index < -0.39 is 28.7 Å². The minimum atomic E-state index is -0.943. The van der Waals surface area contributed by atoms with Crippen molar-refractivity contribution in [1.82, 2.24) is 9.80 Å². The lowest BCUT2D eigenvalue weighted by Crippen LogP contribution is -2.56. The van der Waals surface area contributed by atoms with Gasteiger partial charge in [0.1, 0.15) is 6.04 Å². The number of cyclic esters (lactones) is 1. The number of fused-ring (bicyclic) bond motifs is 2. The van der Waals surface area contributed by atoms with Crippen molar-refractivity contribution >= 4 is 29.5 Å². The Morgan fingerprint density at radius 1 is 0.975 bits per heavy atom. The van der Waals surface area contributed by atoms with Crippen LogP contribution in [-0.2, 0) is 32.1 Å². The van der Waals surface area contributed by atoms with Gasteiger partial charge in [-0.15, -0.1) is 11.8 Å². The summed E-state index contributed by atoms with van der Waals surface area (Å²) in [5.74, 6) is -2.26. The predicted molar refractivity (Wildman–Crippen MR) is 153 cm³/mol. The van der Waals surface area contributed by atoms with Crippen molar-refractivity contribution in [3.05, 3.63) is 96.1 Å². The molecule has 2 amide bonds. The Balaban J connectivity index is 1.44. The van der Waals surface area contributed by atoms with E-state index in [4.69, 9.17) is 4.74 Å². The van der Waals surface area contributed by atoms with Gasteiger partial charge in [-0.1, -0.05) is 85.0 Å². The molecule has 4 aliphatic heterocycles. The number of benzene rings is 2. The minimum Gasteiger partial charge on any atom is -0.465 e. The quantitative estimate of drug-likeness (QED) is 0.432. The second-order valence-corrected chi connectivity index (χ2v) is 12.4. The highest BCUT2D eigenvalue weighted by atomic mass is 32.2. The summed E-state index contributed by atoms with van der Waals surface area (Å²) in [6.45, 7) is 0.828. The molecular formula is C32H34N2O5S. The van der Waals surface area contributed by atoms with Gasteiger partial charge in [-0.3, -0.25) is 14.4 Å². The highest BCUT2D eigenvalue weighted by molar-refractivity contribution is 8.02. The molecule has 0 radical (unpaired) electrons. The Kier molecular flexibility index (Phi) is 7.55. The number of likely N-dealkylation sites (tertiary alicyclic amines) is 1. The highest BCUT2D eigenvalue weighted by Gasteiger charge is 2.71. The molecule has 0 bridgehead atoms. The van der Waals surface area contributed by atoms with Crippen LogP contribution >= 0.6 is 11.8 Å².